The van der Waals surface area contributed by atoms with Gasteiger partial charge in [0.25, 0.3) is 0 Å². The Morgan fingerprint density at radius 1 is 0.660 bits per heavy atom. The van der Waals surface area contributed by atoms with Gasteiger partial charge in [0.15, 0.2) is 45.5 Å². The number of benzene rings is 3. The maximum Gasteiger partial charge on any atom is 0.437 e. The summed E-state index contributed by atoms with van der Waals surface area (Å²) in [5, 5.41) is 29.5. The molecule has 514 valence electrons. The lowest BCUT2D eigenvalue weighted by Gasteiger charge is -2.17. The number of rotatable bonds is 22. The molecule has 0 aliphatic heterocycles. The van der Waals surface area contributed by atoms with Crippen LogP contribution in [-0.2, 0) is 37.8 Å². The highest BCUT2D eigenvalue weighted by atomic mass is 127. The van der Waals surface area contributed by atoms with Gasteiger partial charge in [-0.05, 0) is 107 Å². The van der Waals surface area contributed by atoms with E-state index < -0.39 is 35.6 Å². The van der Waals surface area contributed by atoms with Crippen LogP contribution in [-0.4, -0.2) is 123 Å². The summed E-state index contributed by atoms with van der Waals surface area (Å²) in [4.78, 5) is 31.6. The Balaban J connectivity index is 0.000000279. The van der Waals surface area contributed by atoms with Crippen LogP contribution >= 0.6 is 22.6 Å². The number of halogens is 10. The first-order valence-corrected chi connectivity index (χ1v) is 30.7. The number of nitrogens with two attached hydrogens (primary N) is 1. The van der Waals surface area contributed by atoms with Crippen LogP contribution in [0.4, 0.5) is 60.7 Å². The Kier molecular flexibility index (Phi) is 30.5. The summed E-state index contributed by atoms with van der Waals surface area (Å²) in [6.07, 6.45) is -3.58. The van der Waals surface area contributed by atoms with Crippen molar-refractivity contribution in [3.8, 4) is 23.3 Å². The second-order valence-electron chi connectivity index (χ2n) is 20.2. The Hall–Kier alpha value is -8.81. The zero-order chi connectivity index (χ0) is 70.5. The van der Waals surface area contributed by atoms with Crippen molar-refractivity contribution in [1.82, 2.24) is 50.5 Å². The number of urea groups is 1. The van der Waals surface area contributed by atoms with Crippen LogP contribution in [0.1, 0.15) is 113 Å². The molecule has 0 aliphatic carbocycles. The molecule has 0 bridgehead atoms. The maximum atomic E-state index is 13.1. The Morgan fingerprint density at radius 3 is 1.37 bits per heavy atom. The number of amides is 3. The number of aryl methyl sites for hydroxylation is 5. The number of fused-ring (bicyclic) bond motifs is 3. The number of carbonyl (C=O) groups is 2. The fraction of sp³-hybridized carbons (Fsp3) is 0.459. The normalized spacial score (nSPS) is 11.3. The van der Waals surface area contributed by atoms with E-state index in [2.05, 4.69) is 45.9 Å². The predicted molar refractivity (Wildman–Crippen MR) is 339 cm³/mol. The molecule has 94 heavy (non-hydrogen) atoms. The van der Waals surface area contributed by atoms with E-state index in [4.69, 9.17) is 44.7 Å². The van der Waals surface area contributed by atoms with Crippen LogP contribution in [0.25, 0.3) is 32.9 Å². The van der Waals surface area contributed by atoms with Gasteiger partial charge in [0.05, 0.1) is 42.0 Å². The summed E-state index contributed by atoms with van der Waals surface area (Å²) in [6.45, 7) is 13.4. The minimum atomic E-state index is -4.59. The molecule has 6 heterocycles. The second-order valence-corrected chi connectivity index (χ2v) is 20.2. The molecule has 0 spiro atoms. The lowest BCUT2D eigenvalue weighted by atomic mass is 10.0. The van der Waals surface area contributed by atoms with Crippen molar-refractivity contribution in [2.24, 2.45) is 0 Å². The number of aromatic nitrogens is 7. The topological polar surface area (TPSA) is 290 Å². The number of nitriles is 1. The molecule has 4 N–H and O–H groups in total. The van der Waals surface area contributed by atoms with Crippen LogP contribution < -0.4 is 30.6 Å². The van der Waals surface area contributed by atoms with Crippen molar-refractivity contribution in [2.75, 3.05) is 76.6 Å². The van der Waals surface area contributed by atoms with Gasteiger partial charge in [-0.2, -0.15) is 44.8 Å². The van der Waals surface area contributed by atoms with Gasteiger partial charge in [0.2, 0.25) is 0 Å². The first-order valence-electron chi connectivity index (χ1n) is 29.9. The number of nitrogens with one attached hydrogen (secondary N) is 2. The maximum absolute atomic E-state index is 13.1. The van der Waals surface area contributed by atoms with Gasteiger partial charge >= 0.3 is 30.6 Å². The average Bonchev–Trinajstić information content (AvgIpc) is 1.67. The molecule has 3 aromatic carbocycles. The quantitative estimate of drug-likeness (QED) is 0.0246. The van der Waals surface area contributed by atoms with Crippen LogP contribution in [0, 0.1) is 25.2 Å². The van der Waals surface area contributed by atoms with E-state index in [0.29, 0.717) is 127 Å². The van der Waals surface area contributed by atoms with Crippen LogP contribution in [0.15, 0.2) is 89.9 Å². The van der Waals surface area contributed by atoms with E-state index in [1.165, 1.54) is 64.1 Å². The highest BCUT2D eigenvalue weighted by Gasteiger charge is 2.40. The third-order valence-corrected chi connectivity index (χ3v) is 12.9. The van der Waals surface area contributed by atoms with Gasteiger partial charge in [0.1, 0.15) is 35.1 Å². The van der Waals surface area contributed by atoms with E-state index in [1.807, 2.05) is 50.4 Å². The molecule has 0 fully saturated rings. The Bertz CT molecular complexity index is 3790. The average molecular weight is 1450 g/mol. The summed E-state index contributed by atoms with van der Waals surface area (Å²) < 4.78 is 166. The number of hydrogen-bond donors (Lipinski definition) is 3. The standard InChI is InChI=1S/C20H23F3N4O4.C19H21F3N4O3.C15H19F3N2O2.C4H6N2O.C2H3N.CH3I/c1-4-6-13-15(8-7-14-17(13)31-26-18(14)20(21,22)23)29-10-5-9-27(3)19(28)24-16-11-12(2)30-25-16;1-3-5-13-15(7-6-14-16(13)29-24-17(14)19(20,21)22)28-11-4-9-25(2)18(27)26-10-8-23-12-26;1-3-5-10-12(21-9-4-8-19-2)7-6-11-13(10)22-20-14(11)15(16,17)18;1-3-2-4(5)6-7-3;1-2-3;1-2/h7-8,11H,4-6,9-10H2,1-3H3,(H,24,25,28);6-8,10,12H,3-5,9,11H2,1-2H3;6-7,19H,3-5,8-9H2,1-2H3;2H,1H3,(H2,5,6);1H3;1H3/i;;;;;1D. The van der Waals surface area contributed by atoms with E-state index in [0.717, 1.165) is 25.1 Å². The molecule has 0 saturated heterocycles. The minimum Gasteiger partial charge on any atom is -0.493 e. The van der Waals surface area contributed by atoms with Gasteiger partial charge in [-0.1, -0.05) is 88.4 Å². The van der Waals surface area contributed by atoms with Gasteiger partial charge in [0, 0.05) is 76.7 Å². The summed E-state index contributed by atoms with van der Waals surface area (Å²) in [6, 6.07) is 13.0. The van der Waals surface area contributed by atoms with E-state index in [9.17, 15) is 49.1 Å². The molecule has 0 aliphatic rings. The number of alkyl halides is 10. The molecule has 3 amide bonds. The number of nitrogens with zero attached hydrogens (tertiary/aromatic N) is 10. The largest absolute Gasteiger partial charge is 0.493 e. The molecule has 0 unspecified atom stereocenters. The molecule has 33 heteroatoms. The molecule has 0 radical (unpaired) electrons. The molecule has 23 nitrogen and oxygen atoms in total. The lowest BCUT2D eigenvalue weighted by molar-refractivity contribution is -0.142. The van der Waals surface area contributed by atoms with Crippen molar-refractivity contribution < 1.29 is 87.3 Å². The summed E-state index contributed by atoms with van der Waals surface area (Å²) in [7, 11) is 5.15. The zero-order valence-electron chi connectivity index (χ0n) is 54.1. The van der Waals surface area contributed by atoms with Gasteiger partial charge in [-0.3, -0.25) is 9.88 Å². The first kappa shape index (κ1) is 75.9. The summed E-state index contributed by atoms with van der Waals surface area (Å²) in [5.74, 6) is 3.58. The highest BCUT2D eigenvalue weighted by molar-refractivity contribution is 14.1. The van der Waals surface area contributed by atoms with Crippen molar-refractivity contribution in [2.45, 2.75) is 118 Å². The van der Waals surface area contributed by atoms with Gasteiger partial charge in [-0.25, -0.2) is 14.6 Å². The second kappa shape index (κ2) is 37.8. The molecule has 0 atom stereocenters. The first-order chi connectivity index (χ1) is 45.1. The van der Waals surface area contributed by atoms with Crippen molar-refractivity contribution in [1.29, 1.82) is 5.26 Å². The smallest absolute Gasteiger partial charge is 0.437 e. The molecule has 9 aromatic rings. The number of ether oxygens (including phenoxy) is 3. The summed E-state index contributed by atoms with van der Waals surface area (Å²) in [5.41, 5.74) is 4.24. The van der Waals surface area contributed by atoms with Crippen molar-refractivity contribution in [3.63, 3.8) is 0 Å². The predicted octanol–water partition coefficient (Wildman–Crippen LogP) is 15.3. The number of nitrogen functional groups attached to an aromatic ring is 1. The van der Waals surface area contributed by atoms with E-state index >= 15 is 0 Å². The molecular formula is C61H75F9IN13O10. The van der Waals surface area contributed by atoms with Gasteiger partial charge in [-0.15, -0.1) is 0 Å². The Labute approximate surface area is 550 Å². The molecule has 9 rings (SSSR count). The third kappa shape index (κ3) is 22.7. The van der Waals surface area contributed by atoms with Crippen LogP contribution in [0.2, 0.25) is 0 Å². The SMILES string of the molecule is CC#N.CCCc1c(OCCCN(C)C(=O)Nc2cc(C)on2)ccc2c(C(F)(F)F)noc12.CCCc1c(OCCCN(C)C(=O)n2ccnc2)ccc2c(C(F)(F)F)noc12.CCCc1c(OCCCNC)ccc2c(C(F)(F)F)noc12.Cc1cc(N)no1.[2H]CI. The third-order valence-electron chi connectivity index (χ3n) is 12.9. The Morgan fingerprint density at radius 2 is 1.05 bits per heavy atom. The summed E-state index contributed by atoms with van der Waals surface area (Å²) >= 11 is 1.96. The zero-order valence-corrected chi connectivity index (χ0v) is 55.2. The lowest BCUT2D eigenvalue weighted by Crippen LogP contribution is -2.32. The van der Waals surface area contributed by atoms with Gasteiger partial charge < -0.3 is 57.7 Å². The minimum absolute atomic E-state index is 0.0153. The molecule has 0 saturated carbocycles. The van der Waals surface area contributed by atoms with Crippen LogP contribution in [0.3, 0.4) is 0 Å². The number of hydrogen-bond acceptors (Lipinski definition) is 19. The fourth-order valence-corrected chi connectivity index (χ4v) is 8.78. The van der Waals surface area contributed by atoms with E-state index in [-0.39, 0.29) is 51.6 Å². The fourth-order valence-electron chi connectivity index (χ4n) is 8.78. The monoisotopic (exact) mass is 1450 g/mol. The van der Waals surface area contributed by atoms with Crippen LogP contribution in [0.5, 0.6) is 17.2 Å². The highest BCUT2D eigenvalue weighted by Crippen LogP contribution is 2.41. The van der Waals surface area contributed by atoms with Crippen molar-refractivity contribution in [3.05, 3.63) is 113 Å². The molecule has 6 aromatic heterocycles. The van der Waals surface area contributed by atoms with E-state index in [1.54, 1.807) is 58.4 Å². The number of anilines is 2. The number of imidazole rings is 1. The number of carbonyl (C=O) groups excluding carboxylic acids is 2. The molecular weight excluding hydrogens is 1370 g/mol. The van der Waals surface area contributed by atoms with Crippen molar-refractivity contribution >= 4 is 79.2 Å².